The Morgan fingerprint density at radius 3 is 2.94 bits per heavy atom. The van der Waals surface area contributed by atoms with Crippen LogP contribution in [0.4, 0.5) is 0 Å². The van der Waals surface area contributed by atoms with E-state index in [1.54, 1.807) is 0 Å². The molecule has 1 aromatic heterocycles. The third-order valence-electron chi connectivity index (χ3n) is 4.04. The van der Waals surface area contributed by atoms with Crippen molar-refractivity contribution in [2.45, 2.75) is 31.7 Å². The summed E-state index contributed by atoms with van der Waals surface area (Å²) in [6.45, 7) is 1.28. The monoisotopic (exact) mass is 229 g/mol. The average Bonchev–Trinajstić information content (AvgIpc) is 2.57. The van der Waals surface area contributed by atoms with E-state index in [1.165, 1.54) is 48.8 Å². The van der Waals surface area contributed by atoms with Crippen LogP contribution in [0.1, 0.15) is 37.4 Å². The minimum absolute atomic E-state index is 0.662. The lowest BCUT2D eigenvalue weighted by atomic mass is 10.1. The molecule has 0 aliphatic carbocycles. The summed E-state index contributed by atoms with van der Waals surface area (Å²) >= 11 is 0. The van der Waals surface area contributed by atoms with E-state index in [0.29, 0.717) is 6.04 Å². The third-order valence-corrected chi connectivity index (χ3v) is 4.04. The van der Waals surface area contributed by atoms with Gasteiger partial charge in [0.25, 0.3) is 0 Å². The second-order valence-corrected chi connectivity index (χ2v) is 5.17. The van der Waals surface area contributed by atoms with Gasteiger partial charge in [0.1, 0.15) is 6.04 Å². The number of fused-ring (bicyclic) bond motifs is 1. The van der Waals surface area contributed by atoms with Crippen LogP contribution in [0.2, 0.25) is 0 Å². The summed E-state index contributed by atoms with van der Waals surface area (Å²) in [5, 5.41) is 3.91. The summed E-state index contributed by atoms with van der Waals surface area (Å²) < 4.78 is 2.38. The normalized spacial score (nSPS) is 21.6. The number of nitrogens with two attached hydrogens (primary N) is 1. The van der Waals surface area contributed by atoms with Gasteiger partial charge in [-0.25, -0.2) is 0 Å². The second kappa shape index (κ2) is 4.53. The van der Waals surface area contributed by atoms with Crippen LogP contribution < -0.4 is 5.32 Å². The maximum absolute atomic E-state index is 2.53. The number of quaternary nitrogens is 1. The highest BCUT2D eigenvalue weighted by molar-refractivity contribution is 5.81. The van der Waals surface area contributed by atoms with Gasteiger partial charge in [-0.1, -0.05) is 18.2 Å². The Balaban J connectivity index is 2.01. The van der Waals surface area contributed by atoms with Crippen molar-refractivity contribution in [3.8, 4) is 0 Å². The van der Waals surface area contributed by atoms with Crippen LogP contribution >= 0.6 is 0 Å². The van der Waals surface area contributed by atoms with Crippen LogP contribution in [-0.4, -0.2) is 11.1 Å². The highest BCUT2D eigenvalue weighted by atomic mass is 15.0. The Bertz CT molecular complexity index is 505. The highest BCUT2D eigenvalue weighted by Gasteiger charge is 2.20. The van der Waals surface area contributed by atoms with Crippen LogP contribution in [0.3, 0.4) is 0 Å². The van der Waals surface area contributed by atoms with Gasteiger partial charge in [0.05, 0.1) is 12.2 Å². The number of rotatable bonds is 1. The van der Waals surface area contributed by atoms with Gasteiger partial charge in [-0.3, -0.25) is 0 Å². The largest absolute Gasteiger partial charge is 0.343 e. The van der Waals surface area contributed by atoms with E-state index in [4.69, 9.17) is 0 Å². The van der Waals surface area contributed by atoms with Gasteiger partial charge in [0.15, 0.2) is 0 Å². The van der Waals surface area contributed by atoms with Gasteiger partial charge in [-0.05, 0) is 31.4 Å². The first-order valence-electron chi connectivity index (χ1n) is 6.74. The smallest absolute Gasteiger partial charge is 0.127 e. The zero-order valence-corrected chi connectivity index (χ0v) is 10.5. The minimum atomic E-state index is 0.662. The van der Waals surface area contributed by atoms with Crippen LogP contribution in [0.25, 0.3) is 10.9 Å². The lowest BCUT2D eigenvalue weighted by Crippen LogP contribution is -2.85. The predicted molar refractivity (Wildman–Crippen MR) is 70.9 cm³/mol. The molecule has 1 aromatic carbocycles. The topological polar surface area (TPSA) is 21.5 Å². The molecule has 90 valence electrons. The molecule has 2 heterocycles. The fraction of sp³-hybridized carbons (Fsp3) is 0.467. The first-order chi connectivity index (χ1) is 8.36. The van der Waals surface area contributed by atoms with Crippen molar-refractivity contribution in [2.24, 2.45) is 7.05 Å². The first kappa shape index (κ1) is 10.8. The summed E-state index contributed by atoms with van der Waals surface area (Å²) in [5.41, 5.74) is 2.85. The Labute approximate surface area is 103 Å². The molecule has 2 nitrogen and oxygen atoms in total. The van der Waals surface area contributed by atoms with Crippen LogP contribution in [0.15, 0.2) is 30.3 Å². The Hall–Kier alpha value is -1.28. The van der Waals surface area contributed by atoms with Crippen molar-refractivity contribution in [3.05, 3.63) is 36.0 Å². The number of hydrogen-bond donors (Lipinski definition) is 1. The Morgan fingerprint density at radius 1 is 1.18 bits per heavy atom. The number of nitrogens with zero attached hydrogens (tertiary/aromatic N) is 1. The quantitative estimate of drug-likeness (QED) is 0.775. The molecule has 17 heavy (non-hydrogen) atoms. The van der Waals surface area contributed by atoms with Crippen molar-refractivity contribution in [2.75, 3.05) is 6.54 Å². The van der Waals surface area contributed by atoms with E-state index < -0.39 is 0 Å². The zero-order valence-electron chi connectivity index (χ0n) is 10.5. The molecule has 1 atom stereocenters. The SMILES string of the molecule is Cn1c([C@H]2CCCCC[NH2+]2)cc2ccccc21. The van der Waals surface area contributed by atoms with Crippen LogP contribution in [0, 0.1) is 0 Å². The molecule has 0 saturated carbocycles. The molecular formula is C15H21N2+. The molecule has 2 heteroatoms. The number of para-hydroxylation sites is 1. The summed E-state index contributed by atoms with van der Waals surface area (Å²) in [7, 11) is 2.20. The van der Waals surface area contributed by atoms with Crippen LogP contribution in [-0.2, 0) is 7.05 Å². The molecule has 1 aliphatic heterocycles. The van der Waals surface area contributed by atoms with Gasteiger partial charge in [-0.15, -0.1) is 0 Å². The highest BCUT2D eigenvalue weighted by Crippen LogP contribution is 2.25. The first-order valence-corrected chi connectivity index (χ1v) is 6.74. The molecule has 2 N–H and O–H groups in total. The molecule has 0 bridgehead atoms. The Morgan fingerprint density at radius 2 is 2.06 bits per heavy atom. The maximum atomic E-state index is 2.53. The van der Waals surface area contributed by atoms with Crippen molar-refractivity contribution in [3.63, 3.8) is 0 Å². The summed E-state index contributed by atoms with van der Waals surface area (Å²) in [5.74, 6) is 0. The summed E-state index contributed by atoms with van der Waals surface area (Å²) in [6, 6.07) is 11.7. The van der Waals surface area contributed by atoms with E-state index in [1.807, 2.05) is 0 Å². The third kappa shape index (κ3) is 1.98. The molecule has 3 rings (SSSR count). The molecule has 0 amide bonds. The van der Waals surface area contributed by atoms with Crippen molar-refractivity contribution >= 4 is 10.9 Å². The van der Waals surface area contributed by atoms with Crippen LogP contribution in [0.5, 0.6) is 0 Å². The van der Waals surface area contributed by atoms with Gasteiger partial charge >= 0.3 is 0 Å². The fourth-order valence-electron chi connectivity index (χ4n) is 3.06. The molecule has 1 aliphatic rings. The average molecular weight is 229 g/mol. The van der Waals surface area contributed by atoms with Crippen molar-refractivity contribution in [1.29, 1.82) is 0 Å². The predicted octanol–water partition coefficient (Wildman–Crippen LogP) is 2.36. The van der Waals surface area contributed by atoms with Gasteiger partial charge in [0, 0.05) is 24.4 Å². The van der Waals surface area contributed by atoms with Gasteiger partial charge in [0.2, 0.25) is 0 Å². The number of hydrogen-bond acceptors (Lipinski definition) is 0. The maximum Gasteiger partial charge on any atom is 0.127 e. The Kier molecular flexibility index (Phi) is 2.89. The molecule has 0 unspecified atom stereocenters. The molecule has 1 saturated heterocycles. The molecule has 2 aromatic rings. The van der Waals surface area contributed by atoms with Gasteiger partial charge in [-0.2, -0.15) is 0 Å². The second-order valence-electron chi connectivity index (χ2n) is 5.17. The van der Waals surface area contributed by atoms with Crippen molar-refractivity contribution < 1.29 is 5.32 Å². The molecule has 0 radical (unpaired) electrons. The van der Waals surface area contributed by atoms with E-state index in [-0.39, 0.29) is 0 Å². The number of benzene rings is 1. The summed E-state index contributed by atoms with van der Waals surface area (Å²) in [6.07, 6.45) is 5.48. The van der Waals surface area contributed by atoms with E-state index in [2.05, 4.69) is 47.3 Å². The molecule has 1 fully saturated rings. The summed E-state index contributed by atoms with van der Waals surface area (Å²) in [4.78, 5) is 0. The molecule has 0 spiro atoms. The van der Waals surface area contributed by atoms with E-state index in [9.17, 15) is 0 Å². The lowest BCUT2D eigenvalue weighted by Gasteiger charge is -2.13. The zero-order chi connectivity index (χ0) is 11.7. The van der Waals surface area contributed by atoms with Gasteiger partial charge < -0.3 is 9.88 Å². The number of aryl methyl sites for hydroxylation is 1. The molecular weight excluding hydrogens is 208 g/mol. The number of aromatic nitrogens is 1. The van der Waals surface area contributed by atoms with E-state index >= 15 is 0 Å². The van der Waals surface area contributed by atoms with E-state index in [0.717, 1.165) is 0 Å². The fourth-order valence-corrected chi connectivity index (χ4v) is 3.06. The standard InChI is InChI=1S/C15H20N2/c1-17-14-9-5-4-7-12(14)11-15(17)13-8-3-2-6-10-16-13/h4-5,7,9,11,13,16H,2-3,6,8,10H2,1H3/p+1/t13-/m1/s1. The minimum Gasteiger partial charge on any atom is -0.343 e. The van der Waals surface area contributed by atoms with Crippen molar-refractivity contribution in [1.82, 2.24) is 4.57 Å². The lowest BCUT2D eigenvalue weighted by molar-refractivity contribution is -0.695.